The van der Waals surface area contributed by atoms with E-state index in [4.69, 9.17) is 5.11 Å². The average Bonchev–Trinajstić information content (AvgIpc) is 2.50. The van der Waals surface area contributed by atoms with E-state index < -0.39 is 5.97 Å². The summed E-state index contributed by atoms with van der Waals surface area (Å²) in [5.74, 6) is 11.9. The fraction of sp³-hybridized carbons (Fsp3) is 0.650. The molecule has 0 saturated heterocycles. The zero-order valence-electron chi connectivity index (χ0n) is 14.0. The Bertz CT molecular complexity index is 412. The van der Waals surface area contributed by atoms with Gasteiger partial charge in [0.25, 0.3) is 0 Å². The van der Waals surface area contributed by atoms with Gasteiger partial charge >= 0.3 is 5.97 Å². The summed E-state index contributed by atoms with van der Waals surface area (Å²) in [4.78, 5) is 10.3. The van der Waals surface area contributed by atoms with Gasteiger partial charge in [0.1, 0.15) is 0 Å². The minimum absolute atomic E-state index is 0.221. The van der Waals surface area contributed by atoms with Crippen LogP contribution in [0.4, 0.5) is 0 Å². The maximum absolute atomic E-state index is 10.3. The first-order valence-electron chi connectivity index (χ1n) is 8.55. The predicted octanol–water partition coefficient (Wildman–Crippen LogP) is 5.34. The van der Waals surface area contributed by atoms with Gasteiger partial charge in [-0.25, -0.2) is 0 Å². The Balaban J connectivity index is 3.29. The molecule has 22 heavy (non-hydrogen) atoms. The van der Waals surface area contributed by atoms with E-state index >= 15 is 0 Å². The normalized spacial score (nSPS) is 9.86. The van der Waals surface area contributed by atoms with E-state index in [9.17, 15) is 4.79 Å². The van der Waals surface area contributed by atoms with E-state index in [-0.39, 0.29) is 6.42 Å². The molecule has 2 nitrogen and oxygen atoms in total. The zero-order chi connectivity index (χ0) is 16.3. The molecule has 0 aromatic carbocycles. The standard InChI is InChI=1S/C20H30O2/c1-2-3-4-5-6-7-8-9-10-11-12-13-14-15-16-17-18-19-20(21)22/h3-4H,2,5-8,11-14,17-19H2,1H3,(H,21,22)/b4-3-. The summed E-state index contributed by atoms with van der Waals surface area (Å²) in [5, 5.41) is 8.48. The van der Waals surface area contributed by atoms with Crippen LogP contribution in [0.3, 0.4) is 0 Å². The number of carbonyl (C=O) groups is 1. The third kappa shape index (κ3) is 18.3. The molecule has 0 amide bonds. The summed E-state index contributed by atoms with van der Waals surface area (Å²) in [6, 6.07) is 0. The van der Waals surface area contributed by atoms with Crippen LogP contribution in [0.25, 0.3) is 0 Å². The van der Waals surface area contributed by atoms with Crippen molar-refractivity contribution in [2.24, 2.45) is 0 Å². The molecule has 0 aromatic rings. The second-order valence-corrected chi connectivity index (χ2v) is 5.29. The second kappa shape index (κ2) is 17.4. The molecule has 0 unspecified atom stereocenters. The molecule has 0 aromatic heterocycles. The van der Waals surface area contributed by atoms with Crippen LogP contribution in [0.2, 0.25) is 0 Å². The molecule has 0 aliphatic rings. The molecular weight excluding hydrogens is 272 g/mol. The first kappa shape index (κ1) is 20.3. The van der Waals surface area contributed by atoms with Gasteiger partial charge in [-0.2, -0.15) is 0 Å². The van der Waals surface area contributed by atoms with Crippen LogP contribution < -0.4 is 0 Å². The van der Waals surface area contributed by atoms with Crippen molar-refractivity contribution in [3.05, 3.63) is 12.2 Å². The minimum Gasteiger partial charge on any atom is -0.481 e. The zero-order valence-corrected chi connectivity index (χ0v) is 14.0. The third-order valence-electron chi connectivity index (χ3n) is 3.12. The molecular formula is C20H30O2. The van der Waals surface area contributed by atoms with Crippen LogP contribution in [0.15, 0.2) is 12.2 Å². The molecule has 0 fully saturated rings. The van der Waals surface area contributed by atoms with Gasteiger partial charge in [-0.3, -0.25) is 4.79 Å². The van der Waals surface area contributed by atoms with Crippen molar-refractivity contribution >= 4 is 5.97 Å². The lowest BCUT2D eigenvalue weighted by Gasteiger charge is -1.92. The van der Waals surface area contributed by atoms with E-state index in [0.29, 0.717) is 12.8 Å². The molecule has 0 saturated carbocycles. The molecule has 122 valence electrons. The van der Waals surface area contributed by atoms with E-state index in [1.807, 2.05) is 0 Å². The molecule has 1 N–H and O–H groups in total. The Labute approximate surface area is 136 Å². The quantitative estimate of drug-likeness (QED) is 0.318. The molecule has 0 aliphatic heterocycles. The molecule has 0 heterocycles. The lowest BCUT2D eigenvalue weighted by atomic mass is 10.1. The number of allylic oxidation sites excluding steroid dienone is 2. The Hall–Kier alpha value is -1.67. The van der Waals surface area contributed by atoms with E-state index in [1.165, 1.54) is 19.3 Å². The van der Waals surface area contributed by atoms with Gasteiger partial charge in [0.2, 0.25) is 0 Å². The highest BCUT2D eigenvalue weighted by Gasteiger charge is 1.92. The maximum atomic E-state index is 10.3. The fourth-order valence-corrected chi connectivity index (χ4v) is 1.87. The number of carboxylic acid groups (broad SMARTS) is 1. The van der Waals surface area contributed by atoms with Crippen LogP contribution in [0.5, 0.6) is 0 Å². The Morgan fingerprint density at radius 3 is 1.82 bits per heavy atom. The summed E-state index contributed by atoms with van der Waals surface area (Å²) in [6.07, 6.45) is 15.9. The van der Waals surface area contributed by atoms with Crippen molar-refractivity contribution in [3.8, 4) is 23.7 Å². The highest BCUT2D eigenvalue weighted by Crippen LogP contribution is 2.02. The van der Waals surface area contributed by atoms with Crippen molar-refractivity contribution in [1.82, 2.24) is 0 Å². The highest BCUT2D eigenvalue weighted by atomic mass is 16.4. The topological polar surface area (TPSA) is 37.3 Å². The molecule has 0 rings (SSSR count). The third-order valence-corrected chi connectivity index (χ3v) is 3.12. The van der Waals surface area contributed by atoms with E-state index in [2.05, 4.69) is 42.8 Å². The van der Waals surface area contributed by atoms with Crippen molar-refractivity contribution in [2.75, 3.05) is 0 Å². The number of carboxylic acids is 1. The number of hydrogen-bond donors (Lipinski definition) is 1. The minimum atomic E-state index is -0.738. The van der Waals surface area contributed by atoms with Gasteiger partial charge in [0, 0.05) is 32.1 Å². The monoisotopic (exact) mass is 302 g/mol. The maximum Gasteiger partial charge on any atom is 0.303 e. The first-order valence-corrected chi connectivity index (χ1v) is 8.55. The van der Waals surface area contributed by atoms with Crippen LogP contribution in [-0.4, -0.2) is 11.1 Å². The van der Waals surface area contributed by atoms with Gasteiger partial charge in [-0.15, -0.1) is 23.7 Å². The molecule has 0 radical (unpaired) electrons. The highest BCUT2D eigenvalue weighted by molar-refractivity contribution is 5.66. The fourth-order valence-electron chi connectivity index (χ4n) is 1.87. The average molecular weight is 302 g/mol. The molecule has 0 atom stereocenters. The van der Waals surface area contributed by atoms with Crippen molar-refractivity contribution in [1.29, 1.82) is 0 Å². The Morgan fingerprint density at radius 2 is 1.32 bits per heavy atom. The SMILES string of the molecule is CC/C=C\CCCCC#CCCCCC#CCCCC(=O)O. The van der Waals surface area contributed by atoms with Gasteiger partial charge in [0.15, 0.2) is 0 Å². The first-order chi connectivity index (χ1) is 10.8. The molecule has 0 bridgehead atoms. The summed E-state index contributed by atoms with van der Waals surface area (Å²) < 4.78 is 0. The molecule has 2 heteroatoms. The summed E-state index contributed by atoms with van der Waals surface area (Å²) in [6.45, 7) is 2.16. The summed E-state index contributed by atoms with van der Waals surface area (Å²) in [5.41, 5.74) is 0. The van der Waals surface area contributed by atoms with Crippen molar-refractivity contribution in [3.63, 3.8) is 0 Å². The summed E-state index contributed by atoms with van der Waals surface area (Å²) >= 11 is 0. The lowest BCUT2D eigenvalue weighted by Crippen LogP contribution is -1.92. The second-order valence-electron chi connectivity index (χ2n) is 5.29. The van der Waals surface area contributed by atoms with Gasteiger partial charge in [-0.05, 0) is 44.9 Å². The van der Waals surface area contributed by atoms with Gasteiger partial charge in [0.05, 0.1) is 0 Å². The van der Waals surface area contributed by atoms with Gasteiger partial charge < -0.3 is 5.11 Å². The number of unbranched alkanes of at least 4 members (excludes halogenated alkanes) is 7. The largest absolute Gasteiger partial charge is 0.481 e. The van der Waals surface area contributed by atoms with E-state index in [0.717, 1.165) is 38.5 Å². The smallest absolute Gasteiger partial charge is 0.303 e. The number of aliphatic carboxylic acids is 1. The van der Waals surface area contributed by atoms with Gasteiger partial charge in [-0.1, -0.05) is 19.1 Å². The molecule has 0 spiro atoms. The predicted molar refractivity (Wildman–Crippen MR) is 93.4 cm³/mol. The van der Waals surface area contributed by atoms with Crippen molar-refractivity contribution < 1.29 is 9.90 Å². The van der Waals surface area contributed by atoms with Crippen LogP contribution in [0.1, 0.15) is 84.0 Å². The lowest BCUT2D eigenvalue weighted by molar-refractivity contribution is -0.137. The Kier molecular flexibility index (Phi) is 16.1. The van der Waals surface area contributed by atoms with Crippen LogP contribution >= 0.6 is 0 Å². The van der Waals surface area contributed by atoms with Crippen molar-refractivity contribution in [2.45, 2.75) is 84.0 Å². The summed E-state index contributed by atoms with van der Waals surface area (Å²) in [7, 11) is 0. The van der Waals surface area contributed by atoms with Crippen LogP contribution in [-0.2, 0) is 4.79 Å². The van der Waals surface area contributed by atoms with E-state index in [1.54, 1.807) is 0 Å². The Morgan fingerprint density at radius 1 is 0.818 bits per heavy atom. The number of hydrogen-bond acceptors (Lipinski definition) is 1. The van der Waals surface area contributed by atoms with Crippen LogP contribution in [0, 0.1) is 23.7 Å². The molecule has 0 aliphatic carbocycles. The number of rotatable bonds is 11.